The molecular formula is C32H43ClN2O4. The number of carbonyl (C=O) groups is 2. The standard InChI is InChI=1S/C32H43ClN2O4/c1-5-38-30(36)14-11-26-21-24(9-7-17-34)20-25(28-13-12-27(33)22-29(26)28)10-6-8-23-15-18-35(19-16-23)31(37)39-32(2,3)4/h7,9,11-14,17,21-23,25H,5-6,8,10,15-16,18-20,34H2,1-4H3/b14-11+,17-7-,24-9+. The molecule has 0 saturated carbocycles. The Morgan fingerprint density at radius 1 is 1.18 bits per heavy atom. The fourth-order valence-corrected chi connectivity index (χ4v) is 5.46. The minimum Gasteiger partial charge on any atom is -0.463 e. The zero-order valence-electron chi connectivity index (χ0n) is 23.8. The van der Waals surface area contributed by atoms with Gasteiger partial charge in [-0.3, -0.25) is 0 Å². The van der Waals surface area contributed by atoms with Gasteiger partial charge < -0.3 is 20.1 Å². The number of ether oxygens (including phenoxy) is 2. The summed E-state index contributed by atoms with van der Waals surface area (Å²) in [6, 6.07) is 6.05. The molecule has 1 aliphatic heterocycles. The summed E-state index contributed by atoms with van der Waals surface area (Å²) < 4.78 is 10.6. The van der Waals surface area contributed by atoms with Gasteiger partial charge in [-0.2, -0.15) is 0 Å². The second-order valence-corrected chi connectivity index (χ2v) is 11.7. The highest BCUT2D eigenvalue weighted by Gasteiger charge is 2.27. The molecule has 1 unspecified atom stereocenters. The predicted molar refractivity (Wildman–Crippen MR) is 158 cm³/mol. The normalized spacial score (nSPS) is 19.7. The number of benzene rings is 1. The number of halogens is 1. The van der Waals surface area contributed by atoms with Crippen molar-refractivity contribution in [3.8, 4) is 0 Å². The van der Waals surface area contributed by atoms with Crippen LogP contribution in [0.3, 0.4) is 0 Å². The molecule has 1 atom stereocenters. The molecule has 0 spiro atoms. The fourth-order valence-electron chi connectivity index (χ4n) is 5.29. The highest BCUT2D eigenvalue weighted by atomic mass is 35.5. The van der Waals surface area contributed by atoms with Crippen LogP contribution in [0, 0.1) is 5.92 Å². The van der Waals surface area contributed by atoms with E-state index in [1.807, 2.05) is 56.0 Å². The maximum atomic E-state index is 12.4. The third-order valence-corrected chi connectivity index (χ3v) is 7.36. The first-order valence-corrected chi connectivity index (χ1v) is 14.4. The summed E-state index contributed by atoms with van der Waals surface area (Å²) in [5.74, 6) is 0.546. The van der Waals surface area contributed by atoms with Crippen molar-refractivity contribution in [2.45, 2.75) is 77.7 Å². The van der Waals surface area contributed by atoms with E-state index < -0.39 is 5.60 Å². The molecule has 7 heteroatoms. The van der Waals surface area contributed by atoms with Gasteiger partial charge in [0.15, 0.2) is 0 Å². The molecule has 1 aromatic carbocycles. The van der Waals surface area contributed by atoms with E-state index in [1.165, 1.54) is 17.8 Å². The van der Waals surface area contributed by atoms with Gasteiger partial charge in [-0.1, -0.05) is 42.7 Å². The number of hydrogen-bond acceptors (Lipinski definition) is 5. The summed E-state index contributed by atoms with van der Waals surface area (Å²) in [6.45, 7) is 9.34. The van der Waals surface area contributed by atoms with Crippen LogP contribution in [0.2, 0.25) is 5.02 Å². The first-order valence-electron chi connectivity index (χ1n) is 14.0. The van der Waals surface area contributed by atoms with Crippen molar-refractivity contribution in [2.75, 3.05) is 19.7 Å². The number of likely N-dealkylation sites (tertiary alicyclic amines) is 1. The zero-order valence-corrected chi connectivity index (χ0v) is 24.5. The number of nitrogens with two attached hydrogens (primary N) is 1. The van der Waals surface area contributed by atoms with E-state index in [-0.39, 0.29) is 12.1 Å². The van der Waals surface area contributed by atoms with Gasteiger partial charge in [0.05, 0.1) is 6.61 Å². The van der Waals surface area contributed by atoms with Gasteiger partial charge in [-0.25, -0.2) is 9.59 Å². The molecule has 1 aliphatic carbocycles. The Morgan fingerprint density at radius 3 is 2.59 bits per heavy atom. The predicted octanol–water partition coefficient (Wildman–Crippen LogP) is 7.55. The summed E-state index contributed by atoms with van der Waals surface area (Å²) >= 11 is 6.43. The van der Waals surface area contributed by atoms with Gasteiger partial charge in [-0.15, -0.1) is 0 Å². The van der Waals surface area contributed by atoms with Gasteiger partial charge >= 0.3 is 12.1 Å². The van der Waals surface area contributed by atoms with Gasteiger partial charge in [-0.05, 0) is 118 Å². The molecule has 1 fully saturated rings. The van der Waals surface area contributed by atoms with Gasteiger partial charge in [0.25, 0.3) is 0 Å². The molecule has 0 radical (unpaired) electrons. The molecule has 1 heterocycles. The summed E-state index contributed by atoms with van der Waals surface area (Å²) in [6.07, 6.45) is 16.7. The molecule has 0 bridgehead atoms. The topological polar surface area (TPSA) is 81.9 Å². The number of esters is 1. The monoisotopic (exact) mass is 554 g/mol. The van der Waals surface area contributed by atoms with Crippen LogP contribution < -0.4 is 5.73 Å². The number of amides is 1. The quantitative estimate of drug-likeness (QED) is 0.265. The smallest absolute Gasteiger partial charge is 0.410 e. The average molecular weight is 555 g/mol. The lowest BCUT2D eigenvalue weighted by Gasteiger charge is -2.33. The van der Waals surface area contributed by atoms with E-state index in [2.05, 4.69) is 12.1 Å². The molecule has 0 aromatic heterocycles. The number of piperidine rings is 1. The van der Waals surface area contributed by atoms with Crippen molar-refractivity contribution in [1.29, 1.82) is 0 Å². The van der Waals surface area contributed by atoms with Crippen LogP contribution in [-0.2, 0) is 14.3 Å². The van der Waals surface area contributed by atoms with Crippen molar-refractivity contribution in [2.24, 2.45) is 11.7 Å². The summed E-state index contributed by atoms with van der Waals surface area (Å²) in [7, 11) is 0. The van der Waals surface area contributed by atoms with Crippen molar-refractivity contribution in [1.82, 2.24) is 4.90 Å². The molecular weight excluding hydrogens is 512 g/mol. The minimum absolute atomic E-state index is 0.208. The Balaban J connectivity index is 1.70. The Morgan fingerprint density at radius 2 is 1.92 bits per heavy atom. The largest absolute Gasteiger partial charge is 0.463 e. The highest BCUT2D eigenvalue weighted by Crippen LogP contribution is 2.40. The highest BCUT2D eigenvalue weighted by molar-refractivity contribution is 6.30. The number of allylic oxidation sites excluding steroid dienone is 6. The number of carbonyl (C=O) groups excluding carboxylic acids is 2. The molecule has 3 rings (SSSR count). The first-order chi connectivity index (χ1) is 18.6. The third-order valence-electron chi connectivity index (χ3n) is 7.13. The van der Waals surface area contributed by atoms with Crippen molar-refractivity contribution in [3.63, 3.8) is 0 Å². The van der Waals surface area contributed by atoms with Crippen LogP contribution in [0.5, 0.6) is 0 Å². The van der Waals surface area contributed by atoms with E-state index in [4.69, 9.17) is 26.8 Å². The molecule has 1 amide bonds. The second-order valence-electron chi connectivity index (χ2n) is 11.3. The van der Waals surface area contributed by atoms with Gasteiger partial charge in [0.2, 0.25) is 0 Å². The van der Waals surface area contributed by atoms with Crippen molar-refractivity contribution < 1.29 is 19.1 Å². The van der Waals surface area contributed by atoms with Crippen LogP contribution in [0.1, 0.15) is 83.3 Å². The van der Waals surface area contributed by atoms with Crippen LogP contribution in [-0.4, -0.2) is 42.3 Å². The molecule has 1 aromatic rings. The third kappa shape index (κ3) is 9.61. The molecule has 6 nitrogen and oxygen atoms in total. The Kier molecular flexibility index (Phi) is 11.3. The van der Waals surface area contributed by atoms with E-state index >= 15 is 0 Å². The second kappa shape index (κ2) is 14.4. The fraction of sp³-hybridized carbons (Fsp3) is 0.500. The average Bonchev–Trinajstić information content (AvgIpc) is 3.02. The van der Waals surface area contributed by atoms with E-state index in [0.717, 1.165) is 68.3 Å². The molecule has 2 aliphatic rings. The van der Waals surface area contributed by atoms with Gasteiger partial charge in [0.1, 0.15) is 5.60 Å². The number of hydrogen-bond donors (Lipinski definition) is 1. The van der Waals surface area contributed by atoms with Crippen molar-refractivity contribution in [3.05, 3.63) is 76.5 Å². The number of nitrogens with zero attached hydrogens (tertiary/aromatic N) is 1. The summed E-state index contributed by atoms with van der Waals surface area (Å²) in [4.78, 5) is 26.3. The van der Waals surface area contributed by atoms with Crippen molar-refractivity contribution >= 4 is 29.2 Å². The van der Waals surface area contributed by atoms with Gasteiger partial charge in [0, 0.05) is 24.2 Å². The SMILES string of the molecule is CCOC(=O)/C=C/C1=CC(=C/C=C\N)/CC(CCCC2CCN(C(=O)OC(C)(C)C)CC2)c2ccc(Cl)cc21. The van der Waals surface area contributed by atoms with Crippen LogP contribution in [0.15, 0.2) is 60.4 Å². The van der Waals surface area contributed by atoms with Crippen LogP contribution in [0.4, 0.5) is 4.79 Å². The molecule has 2 N–H and O–H groups in total. The lowest BCUT2D eigenvalue weighted by Crippen LogP contribution is -2.41. The van der Waals surface area contributed by atoms with Crippen LogP contribution >= 0.6 is 11.6 Å². The van der Waals surface area contributed by atoms with E-state index in [1.54, 1.807) is 6.92 Å². The zero-order chi connectivity index (χ0) is 28.4. The first kappa shape index (κ1) is 30.6. The Hall–Kier alpha value is -2.99. The summed E-state index contributed by atoms with van der Waals surface area (Å²) in [5.41, 5.74) is 9.51. The molecule has 212 valence electrons. The van der Waals surface area contributed by atoms with E-state index in [0.29, 0.717) is 23.5 Å². The maximum absolute atomic E-state index is 12.4. The van der Waals surface area contributed by atoms with Crippen LogP contribution in [0.25, 0.3) is 5.57 Å². The Labute approximate surface area is 238 Å². The summed E-state index contributed by atoms with van der Waals surface area (Å²) in [5, 5.41) is 0.661. The lowest BCUT2D eigenvalue weighted by molar-refractivity contribution is -0.137. The Bertz CT molecular complexity index is 1120. The molecule has 1 saturated heterocycles. The minimum atomic E-state index is -0.469. The maximum Gasteiger partial charge on any atom is 0.410 e. The number of rotatable bonds is 8. The number of fused-ring (bicyclic) bond motifs is 1. The molecule has 39 heavy (non-hydrogen) atoms. The lowest BCUT2D eigenvalue weighted by atomic mass is 9.84. The van der Waals surface area contributed by atoms with E-state index in [9.17, 15) is 9.59 Å².